The number of sulfonamides is 1. The highest BCUT2D eigenvalue weighted by Gasteiger charge is 2.30. The summed E-state index contributed by atoms with van der Waals surface area (Å²) in [6.07, 6.45) is 1.45. The molecule has 92 valence electrons. The third-order valence-electron chi connectivity index (χ3n) is 2.67. The Balaban J connectivity index is 4.48. The highest BCUT2D eigenvalue weighted by Crippen LogP contribution is 2.28. The van der Waals surface area contributed by atoms with Gasteiger partial charge in [0.2, 0.25) is 0 Å². The average Bonchev–Trinajstić information content (AvgIpc) is 2.20. The van der Waals surface area contributed by atoms with E-state index in [0.717, 1.165) is 12.8 Å². The van der Waals surface area contributed by atoms with Crippen LogP contribution in [-0.4, -0.2) is 26.1 Å². The predicted molar refractivity (Wildman–Crippen MR) is 59.7 cm³/mol. The van der Waals surface area contributed by atoms with Crippen molar-refractivity contribution in [2.75, 3.05) is 11.9 Å². The Bertz CT molecular complexity index is 270. The topological polar surface area (TPSA) is 46.2 Å². The Morgan fingerprint density at radius 1 is 1.33 bits per heavy atom. The molecule has 0 fully saturated rings. The quantitative estimate of drug-likeness (QED) is 0.734. The van der Waals surface area contributed by atoms with Crippen molar-refractivity contribution in [1.29, 1.82) is 0 Å². The van der Waals surface area contributed by atoms with Crippen LogP contribution in [0.15, 0.2) is 0 Å². The summed E-state index contributed by atoms with van der Waals surface area (Å²) in [4.78, 5) is 0. The zero-order chi connectivity index (χ0) is 12.1. The first-order valence-electron chi connectivity index (χ1n) is 4.66. The molecule has 0 aromatic carbocycles. The Kier molecular flexibility index (Phi) is 6.20. The van der Waals surface area contributed by atoms with Gasteiger partial charge in [-0.3, -0.25) is 0 Å². The number of halogens is 3. The molecule has 0 aliphatic carbocycles. The van der Waals surface area contributed by atoms with E-state index in [4.69, 9.17) is 0 Å². The number of alkyl halides is 3. The lowest BCUT2D eigenvalue weighted by Crippen LogP contribution is -2.40. The molecule has 15 heavy (non-hydrogen) atoms. The fraction of sp³-hybridized carbons (Fsp3) is 1.00. The van der Waals surface area contributed by atoms with E-state index in [0.29, 0.717) is 5.33 Å². The van der Waals surface area contributed by atoms with Crippen LogP contribution in [0, 0.1) is 5.41 Å². The van der Waals surface area contributed by atoms with E-state index in [1.165, 1.54) is 0 Å². The third kappa shape index (κ3) is 4.32. The molecule has 0 aliphatic heterocycles. The van der Waals surface area contributed by atoms with Crippen LogP contribution in [0.4, 0.5) is 8.78 Å². The first-order chi connectivity index (χ1) is 6.83. The predicted octanol–water partition coefficient (Wildman–Crippen LogP) is 2.33. The summed E-state index contributed by atoms with van der Waals surface area (Å²) in [6, 6.07) is 0. The zero-order valence-electron chi connectivity index (χ0n) is 8.76. The standard InChI is InChI=1S/C8H16BrF2NO2S/c1-3-8(4-2,5-9)6-12-15(13,14)7(10)11/h7,12H,3-6H2,1-2H3. The third-order valence-corrected chi connectivity index (χ3v) is 4.87. The summed E-state index contributed by atoms with van der Waals surface area (Å²) in [5, 5.41) is 0.582. The van der Waals surface area contributed by atoms with E-state index in [9.17, 15) is 17.2 Å². The van der Waals surface area contributed by atoms with Crippen molar-refractivity contribution in [2.24, 2.45) is 5.41 Å². The van der Waals surface area contributed by atoms with E-state index in [1.54, 1.807) is 0 Å². The van der Waals surface area contributed by atoms with Gasteiger partial charge in [0.25, 0.3) is 10.0 Å². The molecule has 0 atom stereocenters. The van der Waals surface area contributed by atoms with Crippen molar-refractivity contribution >= 4 is 26.0 Å². The fourth-order valence-electron chi connectivity index (χ4n) is 1.05. The van der Waals surface area contributed by atoms with Gasteiger partial charge in [0.1, 0.15) is 0 Å². The van der Waals surface area contributed by atoms with Crippen molar-refractivity contribution in [3.63, 3.8) is 0 Å². The molecule has 3 nitrogen and oxygen atoms in total. The van der Waals surface area contributed by atoms with Crippen LogP contribution in [0.2, 0.25) is 0 Å². The minimum atomic E-state index is -4.47. The van der Waals surface area contributed by atoms with Crippen LogP contribution in [0.25, 0.3) is 0 Å². The molecule has 7 heteroatoms. The minimum Gasteiger partial charge on any atom is -0.210 e. The second-order valence-corrected chi connectivity index (χ2v) is 5.76. The lowest BCUT2D eigenvalue weighted by atomic mass is 9.85. The maximum absolute atomic E-state index is 12.0. The Morgan fingerprint density at radius 2 is 1.80 bits per heavy atom. The van der Waals surface area contributed by atoms with Crippen molar-refractivity contribution < 1.29 is 17.2 Å². The van der Waals surface area contributed by atoms with E-state index in [1.807, 2.05) is 18.6 Å². The van der Waals surface area contributed by atoms with Gasteiger partial charge in [-0.2, -0.15) is 8.78 Å². The molecule has 0 aromatic heterocycles. The summed E-state index contributed by atoms with van der Waals surface area (Å²) >= 11 is 3.28. The largest absolute Gasteiger partial charge is 0.350 e. The van der Waals surface area contributed by atoms with Crippen molar-refractivity contribution in [3.8, 4) is 0 Å². The highest BCUT2D eigenvalue weighted by molar-refractivity contribution is 9.09. The van der Waals surface area contributed by atoms with Gasteiger partial charge in [-0.15, -0.1) is 0 Å². The van der Waals surface area contributed by atoms with Gasteiger partial charge in [-0.1, -0.05) is 29.8 Å². The van der Waals surface area contributed by atoms with E-state index in [-0.39, 0.29) is 12.0 Å². The summed E-state index contributed by atoms with van der Waals surface area (Å²) < 4.78 is 47.7. The maximum Gasteiger partial charge on any atom is 0.350 e. The Morgan fingerprint density at radius 3 is 2.07 bits per heavy atom. The van der Waals surface area contributed by atoms with Crippen LogP contribution < -0.4 is 4.72 Å². The number of nitrogens with one attached hydrogen (secondary N) is 1. The molecule has 0 radical (unpaired) electrons. The molecule has 0 spiro atoms. The van der Waals surface area contributed by atoms with Gasteiger partial charge >= 0.3 is 5.76 Å². The molecular weight excluding hydrogens is 292 g/mol. The lowest BCUT2D eigenvalue weighted by Gasteiger charge is -2.29. The smallest absolute Gasteiger partial charge is 0.210 e. The molecule has 0 aromatic rings. The van der Waals surface area contributed by atoms with E-state index in [2.05, 4.69) is 15.9 Å². The van der Waals surface area contributed by atoms with Gasteiger partial charge < -0.3 is 0 Å². The lowest BCUT2D eigenvalue weighted by molar-refractivity contribution is 0.229. The van der Waals surface area contributed by atoms with E-state index >= 15 is 0 Å². The normalized spacial score (nSPS) is 13.5. The second-order valence-electron chi connectivity index (χ2n) is 3.47. The molecular formula is C8H16BrF2NO2S. The maximum atomic E-state index is 12.0. The summed E-state index contributed by atoms with van der Waals surface area (Å²) in [5.74, 6) is -3.36. The van der Waals surface area contributed by atoms with Gasteiger partial charge in [-0.05, 0) is 18.3 Å². The van der Waals surface area contributed by atoms with Crippen molar-refractivity contribution in [2.45, 2.75) is 32.4 Å². The molecule has 0 bridgehead atoms. The van der Waals surface area contributed by atoms with Crippen molar-refractivity contribution in [3.05, 3.63) is 0 Å². The number of hydrogen-bond acceptors (Lipinski definition) is 2. The Labute approximate surface area is 97.8 Å². The Hall–Kier alpha value is 0.250. The van der Waals surface area contributed by atoms with Crippen molar-refractivity contribution in [1.82, 2.24) is 4.72 Å². The molecule has 0 saturated heterocycles. The SMILES string of the molecule is CCC(CC)(CBr)CNS(=O)(=O)C(F)F. The number of hydrogen-bond donors (Lipinski definition) is 1. The molecule has 0 aliphatic rings. The molecule has 0 saturated carbocycles. The molecule has 0 unspecified atom stereocenters. The summed E-state index contributed by atoms with van der Waals surface area (Å²) in [7, 11) is -4.47. The molecule has 0 heterocycles. The molecule has 0 rings (SSSR count). The monoisotopic (exact) mass is 307 g/mol. The van der Waals surface area contributed by atoms with Gasteiger partial charge in [0, 0.05) is 11.9 Å². The van der Waals surface area contributed by atoms with Crippen LogP contribution in [0.1, 0.15) is 26.7 Å². The minimum absolute atomic E-state index is 0.0396. The first-order valence-corrected chi connectivity index (χ1v) is 7.33. The van der Waals surface area contributed by atoms with Crippen LogP contribution >= 0.6 is 15.9 Å². The van der Waals surface area contributed by atoms with Crippen LogP contribution in [-0.2, 0) is 10.0 Å². The van der Waals surface area contributed by atoms with Crippen LogP contribution in [0.3, 0.4) is 0 Å². The van der Waals surface area contributed by atoms with E-state index < -0.39 is 15.8 Å². The van der Waals surface area contributed by atoms with Gasteiger partial charge in [0.05, 0.1) is 0 Å². The average molecular weight is 308 g/mol. The fourth-order valence-corrected chi connectivity index (χ4v) is 2.68. The van der Waals surface area contributed by atoms with Gasteiger partial charge in [0.15, 0.2) is 0 Å². The number of rotatable bonds is 7. The van der Waals surface area contributed by atoms with Gasteiger partial charge in [-0.25, -0.2) is 13.1 Å². The molecule has 1 N–H and O–H groups in total. The highest BCUT2D eigenvalue weighted by atomic mass is 79.9. The summed E-state index contributed by atoms with van der Waals surface area (Å²) in [5.41, 5.74) is -0.290. The zero-order valence-corrected chi connectivity index (χ0v) is 11.2. The second kappa shape index (κ2) is 6.10. The summed E-state index contributed by atoms with van der Waals surface area (Å²) in [6.45, 7) is 3.85. The first kappa shape index (κ1) is 15.2. The molecule has 0 amide bonds. The van der Waals surface area contributed by atoms with Crippen LogP contribution in [0.5, 0.6) is 0 Å².